The molecule has 0 aliphatic carbocycles. The number of nitrogens with zero attached hydrogens (tertiary/aromatic N) is 1. The summed E-state index contributed by atoms with van der Waals surface area (Å²) in [5.74, 6) is 0.835. The molecular formula is C14H19N3. The Balaban J connectivity index is 1.92. The van der Waals surface area contributed by atoms with E-state index in [0.29, 0.717) is 0 Å². The molecule has 1 heterocycles. The number of aromatic nitrogens is 2. The number of imidazole rings is 1. The molecule has 0 fully saturated rings. The van der Waals surface area contributed by atoms with Crippen molar-refractivity contribution < 1.29 is 0 Å². The van der Waals surface area contributed by atoms with Crippen LogP contribution in [0.5, 0.6) is 0 Å². The molecule has 17 heavy (non-hydrogen) atoms. The zero-order valence-electron chi connectivity index (χ0n) is 10.5. The van der Waals surface area contributed by atoms with Crippen LogP contribution in [0.15, 0.2) is 30.5 Å². The standard InChI is InChI=1S/C14H19N3/c1-3-11-4-6-12(7-5-11)8-9-13-10-16-14(15-2)17-13/h4-7,10H,3,8-9H2,1-2H3,(H2,15,16,17). The maximum Gasteiger partial charge on any atom is 0.200 e. The van der Waals surface area contributed by atoms with E-state index in [1.165, 1.54) is 16.8 Å². The maximum atomic E-state index is 4.21. The predicted molar refractivity (Wildman–Crippen MR) is 71.4 cm³/mol. The molecule has 0 saturated heterocycles. The lowest BCUT2D eigenvalue weighted by molar-refractivity contribution is 0.924. The van der Waals surface area contributed by atoms with Crippen LogP contribution in [0.1, 0.15) is 23.7 Å². The molecule has 2 aromatic rings. The molecule has 2 rings (SSSR count). The van der Waals surface area contributed by atoms with E-state index in [1.807, 2.05) is 13.2 Å². The van der Waals surface area contributed by atoms with Crippen molar-refractivity contribution in [2.75, 3.05) is 12.4 Å². The second-order valence-corrected chi connectivity index (χ2v) is 4.18. The highest BCUT2D eigenvalue weighted by molar-refractivity contribution is 5.26. The number of nitrogens with one attached hydrogen (secondary N) is 2. The van der Waals surface area contributed by atoms with Crippen molar-refractivity contribution >= 4 is 5.95 Å². The maximum absolute atomic E-state index is 4.21. The van der Waals surface area contributed by atoms with Gasteiger partial charge in [0.15, 0.2) is 5.95 Å². The molecule has 1 aromatic carbocycles. The second kappa shape index (κ2) is 5.53. The fraction of sp³-hybridized carbons (Fsp3) is 0.357. The van der Waals surface area contributed by atoms with Crippen molar-refractivity contribution in [1.29, 1.82) is 0 Å². The van der Waals surface area contributed by atoms with E-state index in [2.05, 4.69) is 46.5 Å². The van der Waals surface area contributed by atoms with E-state index in [1.54, 1.807) is 0 Å². The molecule has 1 aromatic heterocycles. The van der Waals surface area contributed by atoms with Gasteiger partial charge >= 0.3 is 0 Å². The molecule has 90 valence electrons. The monoisotopic (exact) mass is 229 g/mol. The van der Waals surface area contributed by atoms with Gasteiger partial charge in [-0.2, -0.15) is 0 Å². The fourth-order valence-corrected chi connectivity index (χ4v) is 1.83. The van der Waals surface area contributed by atoms with Crippen molar-refractivity contribution in [1.82, 2.24) is 9.97 Å². The normalized spacial score (nSPS) is 10.5. The first-order valence-corrected chi connectivity index (χ1v) is 6.11. The van der Waals surface area contributed by atoms with Gasteiger partial charge in [-0.1, -0.05) is 31.2 Å². The highest BCUT2D eigenvalue weighted by atomic mass is 15.1. The lowest BCUT2D eigenvalue weighted by atomic mass is 10.1. The highest BCUT2D eigenvalue weighted by Crippen LogP contribution is 2.09. The number of hydrogen-bond acceptors (Lipinski definition) is 2. The largest absolute Gasteiger partial charge is 0.359 e. The molecule has 0 spiro atoms. The van der Waals surface area contributed by atoms with Crippen LogP contribution in [-0.4, -0.2) is 17.0 Å². The molecule has 3 heteroatoms. The lowest BCUT2D eigenvalue weighted by Crippen LogP contribution is -1.93. The molecule has 3 nitrogen and oxygen atoms in total. The summed E-state index contributed by atoms with van der Waals surface area (Å²) in [6.07, 6.45) is 5.05. The molecule has 2 N–H and O–H groups in total. The number of benzene rings is 1. The van der Waals surface area contributed by atoms with Crippen LogP contribution in [0.2, 0.25) is 0 Å². The van der Waals surface area contributed by atoms with Crippen molar-refractivity contribution in [2.24, 2.45) is 0 Å². The zero-order valence-corrected chi connectivity index (χ0v) is 10.5. The quantitative estimate of drug-likeness (QED) is 0.827. The van der Waals surface area contributed by atoms with Crippen LogP contribution >= 0.6 is 0 Å². The average molecular weight is 229 g/mol. The van der Waals surface area contributed by atoms with E-state index >= 15 is 0 Å². The van der Waals surface area contributed by atoms with Crippen molar-refractivity contribution in [3.05, 3.63) is 47.3 Å². The molecule has 0 aliphatic rings. The smallest absolute Gasteiger partial charge is 0.200 e. The number of H-pyrrole nitrogens is 1. The predicted octanol–water partition coefficient (Wildman–Crippen LogP) is 2.80. The van der Waals surface area contributed by atoms with Gasteiger partial charge in [0.2, 0.25) is 0 Å². The van der Waals surface area contributed by atoms with Gasteiger partial charge in [-0.25, -0.2) is 4.98 Å². The van der Waals surface area contributed by atoms with Crippen LogP contribution < -0.4 is 5.32 Å². The first-order chi connectivity index (χ1) is 8.31. The number of aromatic amines is 1. The Morgan fingerprint density at radius 2 is 1.82 bits per heavy atom. The van der Waals surface area contributed by atoms with Crippen LogP contribution in [0.25, 0.3) is 0 Å². The molecule has 0 bridgehead atoms. The van der Waals surface area contributed by atoms with Gasteiger partial charge in [0.1, 0.15) is 0 Å². The summed E-state index contributed by atoms with van der Waals surface area (Å²) in [5, 5.41) is 2.99. The van der Waals surface area contributed by atoms with E-state index in [4.69, 9.17) is 0 Å². The van der Waals surface area contributed by atoms with Crippen molar-refractivity contribution in [2.45, 2.75) is 26.2 Å². The number of hydrogen-bond donors (Lipinski definition) is 2. The van der Waals surface area contributed by atoms with Crippen LogP contribution in [0.3, 0.4) is 0 Å². The average Bonchev–Trinajstić information content (AvgIpc) is 2.85. The summed E-state index contributed by atoms with van der Waals surface area (Å²) in [6.45, 7) is 2.18. The molecule has 0 unspecified atom stereocenters. The summed E-state index contributed by atoms with van der Waals surface area (Å²) >= 11 is 0. The first-order valence-electron chi connectivity index (χ1n) is 6.11. The minimum Gasteiger partial charge on any atom is -0.359 e. The molecule has 0 amide bonds. The van der Waals surface area contributed by atoms with E-state index in [-0.39, 0.29) is 0 Å². The van der Waals surface area contributed by atoms with Crippen LogP contribution in [0, 0.1) is 0 Å². The van der Waals surface area contributed by atoms with Gasteiger partial charge in [0, 0.05) is 12.7 Å². The molecule has 0 aliphatic heterocycles. The molecule has 0 saturated carbocycles. The van der Waals surface area contributed by atoms with E-state index in [9.17, 15) is 0 Å². The Morgan fingerprint density at radius 3 is 2.41 bits per heavy atom. The molecular weight excluding hydrogens is 210 g/mol. The number of anilines is 1. The third kappa shape index (κ3) is 3.09. The number of rotatable bonds is 5. The zero-order chi connectivity index (χ0) is 12.1. The molecule has 0 radical (unpaired) electrons. The minimum absolute atomic E-state index is 0.835. The summed E-state index contributed by atoms with van der Waals surface area (Å²) in [5.41, 5.74) is 3.95. The second-order valence-electron chi connectivity index (χ2n) is 4.18. The Morgan fingerprint density at radius 1 is 1.12 bits per heavy atom. The van der Waals surface area contributed by atoms with Gasteiger partial charge in [-0.05, 0) is 30.4 Å². The first kappa shape index (κ1) is 11.7. The highest BCUT2D eigenvalue weighted by Gasteiger charge is 2.00. The Hall–Kier alpha value is -1.77. The van der Waals surface area contributed by atoms with E-state index < -0.39 is 0 Å². The fourth-order valence-electron chi connectivity index (χ4n) is 1.83. The molecule has 0 atom stereocenters. The summed E-state index contributed by atoms with van der Waals surface area (Å²) in [4.78, 5) is 7.44. The lowest BCUT2D eigenvalue weighted by Gasteiger charge is -2.01. The summed E-state index contributed by atoms with van der Waals surface area (Å²) < 4.78 is 0. The summed E-state index contributed by atoms with van der Waals surface area (Å²) in [6, 6.07) is 8.85. The van der Waals surface area contributed by atoms with Crippen molar-refractivity contribution in [3.63, 3.8) is 0 Å². The topological polar surface area (TPSA) is 40.7 Å². The van der Waals surface area contributed by atoms with Crippen molar-refractivity contribution in [3.8, 4) is 0 Å². The van der Waals surface area contributed by atoms with Gasteiger partial charge < -0.3 is 10.3 Å². The third-order valence-electron chi connectivity index (χ3n) is 2.98. The third-order valence-corrected chi connectivity index (χ3v) is 2.98. The van der Waals surface area contributed by atoms with Gasteiger partial charge in [0.25, 0.3) is 0 Å². The summed E-state index contributed by atoms with van der Waals surface area (Å²) in [7, 11) is 1.87. The number of aryl methyl sites for hydroxylation is 3. The Labute approximate surface area is 102 Å². The van der Waals surface area contributed by atoms with Crippen LogP contribution in [-0.2, 0) is 19.3 Å². The Bertz CT molecular complexity index is 457. The SMILES string of the molecule is CCc1ccc(CCc2cnc(NC)[nH]2)cc1. The van der Waals surface area contributed by atoms with E-state index in [0.717, 1.165) is 25.2 Å². The van der Waals surface area contributed by atoms with Gasteiger partial charge in [0.05, 0.1) is 6.20 Å². The van der Waals surface area contributed by atoms with Gasteiger partial charge in [-0.15, -0.1) is 0 Å². The van der Waals surface area contributed by atoms with Crippen LogP contribution in [0.4, 0.5) is 5.95 Å². The Kier molecular flexibility index (Phi) is 3.81. The minimum atomic E-state index is 0.835. The van der Waals surface area contributed by atoms with Gasteiger partial charge in [-0.3, -0.25) is 0 Å².